The van der Waals surface area contributed by atoms with Crippen LogP contribution in [-0.2, 0) is 4.79 Å². The first-order valence-corrected chi connectivity index (χ1v) is 5.04. The van der Waals surface area contributed by atoms with Gasteiger partial charge in [0, 0.05) is 5.88 Å². The van der Waals surface area contributed by atoms with Gasteiger partial charge in [-0.05, 0) is 36.3 Å². The van der Waals surface area contributed by atoms with Gasteiger partial charge in [0.25, 0.3) is 0 Å². The maximum atomic E-state index is 11.2. The zero-order valence-electron chi connectivity index (χ0n) is 6.59. The molecule has 0 aromatic heterocycles. The highest BCUT2D eigenvalue weighted by atomic mass is 35.5. The smallest absolute Gasteiger partial charge is 0.229 e. The lowest BCUT2D eigenvalue weighted by atomic mass is 9.79. The summed E-state index contributed by atoms with van der Waals surface area (Å²) in [6, 6.07) is 0. The molecule has 66 valence electrons. The summed E-state index contributed by atoms with van der Waals surface area (Å²) >= 11 is 11.4. The van der Waals surface area contributed by atoms with E-state index in [4.69, 9.17) is 23.2 Å². The molecule has 1 fully saturated rings. The molecule has 0 aromatic carbocycles. The van der Waals surface area contributed by atoms with Crippen LogP contribution in [-0.4, -0.2) is 11.1 Å². The molecular weight excluding hydrogens is 195 g/mol. The van der Waals surface area contributed by atoms with Gasteiger partial charge in [-0.25, -0.2) is 0 Å². The molecule has 3 atom stereocenters. The second-order valence-corrected chi connectivity index (χ2v) is 4.37. The third-order valence-electron chi connectivity index (χ3n) is 3.14. The minimum atomic E-state index is -0.442. The second kappa shape index (κ2) is 2.74. The number of carbonyl (C=O) groups is 1. The molecule has 0 spiro atoms. The minimum absolute atomic E-state index is 0.255. The summed E-state index contributed by atoms with van der Waals surface area (Å²) in [4.78, 5) is 11.2. The van der Waals surface area contributed by atoms with E-state index in [0.717, 1.165) is 12.8 Å². The maximum Gasteiger partial charge on any atom is 0.229 e. The first-order valence-electron chi connectivity index (χ1n) is 4.13. The van der Waals surface area contributed by atoms with E-state index in [0.29, 0.717) is 17.7 Å². The molecule has 0 aromatic rings. The largest absolute Gasteiger partial charge is 0.281 e. The van der Waals surface area contributed by atoms with Crippen molar-refractivity contribution in [1.82, 2.24) is 0 Å². The van der Waals surface area contributed by atoms with Crippen LogP contribution in [0.3, 0.4) is 0 Å². The van der Waals surface area contributed by atoms with Gasteiger partial charge in [-0.2, -0.15) is 0 Å². The molecule has 1 nitrogen and oxygen atoms in total. The van der Waals surface area contributed by atoms with Crippen LogP contribution in [0.2, 0.25) is 0 Å². The van der Waals surface area contributed by atoms with Gasteiger partial charge in [-0.3, -0.25) is 4.79 Å². The van der Waals surface area contributed by atoms with Gasteiger partial charge >= 0.3 is 0 Å². The van der Waals surface area contributed by atoms with Crippen molar-refractivity contribution in [2.24, 2.45) is 17.3 Å². The lowest BCUT2D eigenvalue weighted by Crippen LogP contribution is -2.34. The Kier molecular flexibility index (Phi) is 1.96. The summed E-state index contributed by atoms with van der Waals surface area (Å²) in [5, 5.41) is -0.255. The predicted molar refractivity (Wildman–Crippen MR) is 49.4 cm³/mol. The Labute approximate surface area is 81.7 Å². The van der Waals surface area contributed by atoms with E-state index in [1.54, 1.807) is 0 Å². The topological polar surface area (TPSA) is 17.1 Å². The highest BCUT2D eigenvalue weighted by Crippen LogP contribution is 2.53. The number of hydrogen-bond acceptors (Lipinski definition) is 1. The molecule has 2 bridgehead atoms. The molecule has 0 aliphatic heterocycles. The number of allylic oxidation sites excluding steroid dienone is 2. The van der Waals surface area contributed by atoms with E-state index in [-0.39, 0.29) is 5.24 Å². The number of alkyl halides is 1. The van der Waals surface area contributed by atoms with Crippen molar-refractivity contribution in [3.63, 3.8) is 0 Å². The zero-order valence-corrected chi connectivity index (χ0v) is 8.11. The highest BCUT2D eigenvalue weighted by molar-refractivity contribution is 6.65. The van der Waals surface area contributed by atoms with Crippen molar-refractivity contribution in [3.05, 3.63) is 12.2 Å². The van der Waals surface area contributed by atoms with Crippen LogP contribution < -0.4 is 0 Å². The van der Waals surface area contributed by atoms with Crippen LogP contribution in [0.4, 0.5) is 0 Å². The van der Waals surface area contributed by atoms with E-state index in [2.05, 4.69) is 12.2 Å². The fourth-order valence-electron chi connectivity index (χ4n) is 2.39. The first-order chi connectivity index (χ1) is 5.69. The standard InChI is InChI=1S/C9H10Cl2O/c10-5-9(8(11)12)4-6-1-2-7(9)3-6/h1-2,6-7H,3-5H2. The van der Waals surface area contributed by atoms with Gasteiger partial charge < -0.3 is 0 Å². The van der Waals surface area contributed by atoms with Crippen LogP contribution in [0.25, 0.3) is 0 Å². The summed E-state index contributed by atoms with van der Waals surface area (Å²) in [6.07, 6.45) is 6.18. The van der Waals surface area contributed by atoms with Gasteiger partial charge in [0.1, 0.15) is 0 Å². The van der Waals surface area contributed by atoms with E-state index in [9.17, 15) is 4.79 Å². The maximum absolute atomic E-state index is 11.2. The van der Waals surface area contributed by atoms with Crippen LogP contribution >= 0.6 is 23.2 Å². The van der Waals surface area contributed by atoms with Crippen molar-refractivity contribution in [2.45, 2.75) is 12.8 Å². The van der Waals surface area contributed by atoms with Crippen molar-refractivity contribution in [2.75, 3.05) is 5.88 Å². The Bertz CT molecular complexity index is 249. The fourth-order valence-corrected chi connectivity index (χ4v) is 3.17. The van der Waals surface area contributed by atoms with E-state index in [1.165, 1.54) is 0 Å². The molecule has 3 heteroatoms. The van der Waals surface area contributed by atoms with Gasteiger partial charge in [0.05, 0.1) is 5.41 Å². The Morgan fingerprint density at radius 3 is 2.58 bits per heavy atom. The summed E-state index contributed by atoms with van der Waals surface area (Å²) in [5.41, 5.74) is -0.442. The molecule has 3 unspecified atom stereocenters. The van der Waals surface area contributed by atoms with Crippen LogP contribution in [0.1, 0.15) is 12.8 Å². The average molecular weight is 205 g/mol. The first kappa shape index (κ1) is 8.58. The van der Waals surface area contributed by atoms with Gasteiger partial charge in [-0.1, -0.05) is 12.2 Å². The minimum Gasteiger partial charge on any atom is -0.281 e. The quantitative estimate of drug-likeness (QED) is 0.384. The SMILES string of the molecule is O=C(Cl)C1(CCl)CC2C=CC1C2. The summed E-state index contributed by atoms with van der Waals surface area (Å²) in [7, 11) is 0. The molecule has 12 heavy (non-hydrogen) atoms. The van der Waals surface area contributed by atoms with E-state index >= 15 is 0 Å². The van der Waals surface area contributed by atoms with Crippen LogP contribution in [0.15, 0.2) is 12.2 Å². The second-order valence-electron chi connectivity index (χ2n) is 3.75. The predicted octanol–water partition coefficient (Wildman–Crippen LogP) is 2.57. The molecule has 1 saturated carbocycles. The van der Waals surface area contributed by atoms with E-state index < -0.39 is 5.41 Å². The lowest BCUT2D eigenvalue weighted by molar-refractivity contribution is -0.120. The molecule has 0 N–H and O–H groups in total. The van der Waals surface area contributed by atoms with Gasteiger partial charge in [0.15, 0.2) is 0 Å². The molecule has 0 saturated heterocycles. The number of fused-ring (bicyclic) bond motifs is 2. The summed E-state index contributed by atoms with van der Waals surface area (Å²) in [5.74, 6) is 1.20. The van der Waals surface area contributed by atoms with Crippen molar-refractivity contribution in [1.29, 1.82) is 0 Å². The molecule has 2 aliphatic carbocycles. The van der Waals surface area contributed by atoms with Gasteiger partial charge in [-0.15, -0.1) is 11.6 Å². The van der Waals surface area contributed by atoms with Crippen LogP contribution in [0.5, 0.6) is 0 Å². The Morgan fingerprint density at radius 2 is 2.33 bits per heavy atom. The Morgan fingerprint density at radius 1 is 1.58 bits per heavy atom. The lowest BCUT2D eigenvalue weighted by Gasteiger charge is -2.28. The van der Waals surface area contributed by atoms with Crippen molar-refractivity contribution < 1.29 is 4.79 Å². The van der Waals surface area contributed by atoms with Crippen LogP contribution in [0, 0.1) is 17.3 Å². The monoisotopic (exact) mass is 204 g/mol. The normalized spacial score (nSPS) is 43.8. The number of halogens is 2. The molecule has 2 aliphatic rings. The van der Waals surface area contributed by atoms with Crippen molar-refractivity contribution in [3.8, 4) is 0 Å². The third-order valence-corrected chi connectivity index (χ3v) is 3.99. The zero-order chi connectivity index (χ0) is 8.77. The van der Waals surface area contributed by atoms with Crippen molar-refractivity contribution >= 4 is 28.4 Å². The fraction of sp³-hybridized carbons (Fsp3) is 0.667. The highest BCUT2D eigenvalue weighted by Gasteiger charge is 2.52. The summed E-state index contributed by atoms with van der Waals surface area (Å²) < 4.78 is 0. The average Bonchev–Trinajstić information content (AvgIpc) is 2.62. The molecule has 2 rings (SSSR count). The molecule has 0 heterocycles. The number of carbonyl (C=O) groups excluding carboxylic acids is 1. The number of hydrogen-bond donors (Lipinski definition) is 0. The summed E-state index contributed by atoms with van der Waals surface area (Å²) in [6.45, 7) is 0. The Balaban J connectivity index is 2.31. The molecule has 0 amide bonds. The molecule has 0 radical (unpaired) electrons. The van der Waals surface area contributed by atoms with E-state index in [1.807, 2.05) is 0 Å². The molecular formula is C9H10Cl2O. The number of rotatable bonds is 2. The third kappa shape index (κ3) is 0.961. The Hall–Kier alpha value is -0.0100. The van der Waals surface area contributed by atoms with Gasteiger partial charge in [0.2, 0.25) is 5.24 Å².